The number of rotatable bonds is 3. The molecular weight excluding hydrogens is 244 g/mol. The van der Waals surface area contributed by atoms with Crippen LogP contribution in [0.1, 0.15) is 12.0 Å². The van der Waals surface area contributed by atoms with Crippen LogP contribution >= 0.6 is 0 Å². The molecule has 4 N–H and O–H groups in total. The summed E-state index contributed by atoms with van der Waals surface area (Å²) in [5, 5.41) is 4.83. The summed E-state index contributed by atoms with van der Waals surface area (Å²) in [4.78, 5) is 2.68. The summed E-state index contributed by atoms with van der Waals surface area (Å²) in [6, 6.07) is 0. The zero-order chi connectivity index (χ0) is 12.5. The van der Waals surface area contributed by atoms with E-state index >= 15 is 0 Å². The van der Waals surface area contributed by atoms with Gasteiger partial charge in [-0.05, 0) is 0 Å². The van der Waals surface area contributed by atoms with Gasteiger partial charge in [-0.1, -0.05) is 0 Å². The van der Waals surface area contributed by atoms with E-state index in [2.05, 4.69) is 9.72 Å². The van der Waals surface area contributed by atoms with Gasteiger partial charge in [-0.15, -0.1) is 0 Å². The molecule has 0 unspecified atom stereocenters. The molecule has 1 rings (SSSR count). The number of nitrogen functional groups attached to an aromatic ring is 1. The average molecular weight is 253 g/mol. The Morgan fingerprint density at radius 1 is 1.50 bits per heavy atom. The highest BCUT2D eigenvalue weighted by atomic mass is 32.2. The number of halogens is 2. The third-order valence-corrected chi connectivity index (χ3v) is 2.75. The third kappa shape index (κ3) is 2.19. The molecule has 0 bridgehead atoms. The van der Waals surface area contributed by atoms with Crippen molar-refractivity contribution in [2.45, 2.75) is 11.3 Å². The number of aromatic nitrogens is 1. The van der Waals surface area contributed by atoms with E-state index in [4.69, 9.17) is 10.9 Å². The van der Waals surface area contributed by atoms with Crippen molar-refractivity contribution in [1.29, 1.82) is 0 Å². The Kier molecular flexibility index (Phi) is 3.29. The summed E-state index contributed by atoms with van der Waals surface area (Å²) in [5.41, 5.74) is 3.94. The second-order valence-electron chi connectivity index (χ2n) is 2.81. The predicted molar refractivity (Wildman–Crippen MR) is 51.5 cm³/mol. The first-order valence-corrected chi connectivity index (χ1v) is 5.47. The molecule has 0 atom stereocenters. The topological polar surface area (TPSA) is 108 Å². The van der Waals surface area contributed by atoms with Crippen LogP contribution < -0.4 is 15.6 Å². The minimum absolute atomic E-state index is 0.413. The van der Waals surface area contributed by atoms with Gasteiger partial charge in [-0.3, -0.25) is 0 Å². The van der Waals surface area contributed by atoms with Crippen LogP contribution in [-0.4, -0.2) is 20.5 Å². The SMILES string of the molecule is COc1ncc(C(F)F)c(N)c1S(N)(=O)=O. The molecule has 1 aromatic rings. The molecular formula is C7H9F2N3O3S. The van der Waals surface area contributed by atoms with Crippen LogP contribution in [0.5, 0.6) is 5.88 Å². The molecule has 0 radical (unpaired) electrons. The second kappa shape index (κ2) is 4.18. The van der Waals surface area contributed by atoms with E-state index in [0.29, 0.717) is 0 Å². The number of pyridine rings is 1. The summed E-state index contributed by atoms with van der Waals surface area (Å²) in [5.74, 6) is -0.413. The van der Waals surface area contributed by atoms with Gasteiger partial charge in [0.25, 0.3) is 6.43 Å². The zero-order valence-electron chi connectivity index (χ0n) is 8.15. The lowest BCUT2D eigenvalue weighted by Gasteiger charge is -2.11. The predicted octanol–water partition coefficient (Wildman–Crippen LogP) is 0.257. The van der Waals surface area contributed by atoms with Crippen LogP contribution in [0.3, 0.4) is 0 Å². The largest absolute Gasteiger partial charge is 0.480 e. The number of sulfonamides is 1. The fraction of sp³-hybridized carbons (Fsp3) is 0.286. The number of hydrogen-bond acceptors (Lipinski definition) is 5. The number of nitrogens with zero attached hydrogens (tertiary/aromatic N) is 1. The van der Waals surface area contributed by atoms with Gasteiger partial charge in [0, 0.05) is 6.20 Å². The maximum absolute atomic E-state index is 12.4. The van der Waals surface area contributed by atoms with E-state index in [0.717, 1.165) is 13.3 Å². The molecule has 90 valence electrons. The van der Waals surface area contributed by atoms with E-state index in [1.807, 2.05) is 0 Å². The van der Waals surface area contributed by atoms with Crippen molar-refractivity contribution in [3.8, 4) is 5.88 Å². The van der Waals surface area contributed by atoms with Crippen LogP contribution in [0.15, 0.2) is 11.1 Å². The highest BCUT2D eigenvalue weighted by molar-refractivity contribution is 7.89. The first-order chi connectivity index (χ1) is 7.29. The first-order valence-electron chi connectivity index (χ1n) is 3.92. The van der Waals surface area contributed by atoms with E-state index in [-0.39, 0.29) is 0 Å². The van der Waals surface area contributed by atoms with Gasteiger partial charge in [0.05, 0.1) is 18.4 Å². The lowest BCUT2D eigenvalue weighted by molar-refractivity contribution is 0.151. The van der Waals surface area contributed by atoms with Gasteiger partial charge in [-0.2, -0.15) is 0 Å². The fourth-order valence-electron chi connectivity index (χ4n) is 1.10. The normalized spacial score (nSPS) is 11.8. The van der Waals surface area contributed by atoms with Crippen LogP contribution in [0, 0.1) is 0 Å². The summed E-state index contributed by atoms with van der Waals surface area (Å²) < 4.78 is 51.7. The van der Waals surface area contributed by atoms with Gasteiger partial charge in [-0.25, -0.2) is 27.3 Å². The second-order valence-corrected chi connectivity index (χ2v) is 4.31. The molecule has 0 saturated heterocycles. The van der Waals surface area contributed by atoms with Crippen molar-refractivity contribution in [3.63, 3.8) is 0 Å². The molecule has 0 amide bonds. The van der Waals surface area contributed by atoms with Crippen molar-refractivity contribution in [2.75, 3.05) is 12.8 Å². The number of primary sulfonamides is 1. The molecule has 0 aliphatic rings. The van der Waals surface area contributed by atoms with Gasteiger partial charge in [0.2, 0.25) is 15.9 Å². The maximum atomic E-state index is 12.4. The lowest BCUT2D eigenvalue weighted by atomic mass is 10.2. The van der Waals surface area contributed by atoms with Gasteiger partial charge in [0.1, 0.15) is 0 Å². The Labute approximate surface area is 90.3 Å². The Bertz CT molecular complexity index is 504. The Morgan fingerprint density at radius 2 is 2.06 bits per heavy atom. The van der Waals surface area contributed by atoms with E-state index in [9.17, 15) is 17.2 Å². The van der Waals surface area contributed by atoms with Crippen molar-refractivity contribution in [2.24, 2.45) is 5.14 Å². The summed E-state index contributed by atoms with van der Waals surface area (Å²) in [7, 11) is -3.15. The molecule has 9 heteroatoms. The molecule has 0 aliphatic heterocycles. The standard InChI is InChI=1S/C7H9F2N3O3S/c1-15-7-5(16(11,13)14)4(10)3(2-12-7)6(8)9/h2,6H,1H3,(H2,10,12)(H2,11,13,14). The fourth-order valence-corrected chi connectivity index (χ4v) is 1.90. The van der Waals surface area contributed by atoms with Crippen molar-refractivity contribution in [1.82, 2.24) is 4.98 Å². The van der Waals surface area contributed by atoms with Gasteiger partial charge < -0.3 is 10.5 Å². The van der Waals surface area contributed by atoms with E-state index in [1.54, 1.807) is 0 Å². The lowest BCUT2D eigenvalue weighted by Crippen LogP contribution is -2.17. The molecule has 1 heterocycles. The molecule has 0 aromatic carbocycles. The van der Waals surface area contributed by atoms with E-state index < -0.39 is 38.5 Å². The summed E-state index contributed by atoms with van der Waals surface area (Å²) >= 11 is 0. The van der Waals surface area contributed by atoms with Crippen LogP contribution in [-0.2, 0) is 10.0 Å². The highest BCUT2D eigenvalue weighted by Crippen LogP contribution is 2.33. The van der Waals surface area contributed by atoms with Gasteiger partial charge in [0.15, 0.2) is 4.90 Å². The van der Waals surface area contributed by atoms with Crippen molar-refractivity contribution < 1.29 is 21.9 Å². The Morgan fingerprint density at radius 3 is 2.44 bits per heavy atom. The number of methoxy groups -OCH3 is 1. The zero-order valence-corrected chi connectivity index (χ0v) is 8.96. The molecule has 6 nitrogen and oxygen atoms in total. The van der Waals surface area contributed by atoms with Crippen LogP contribution in [0.2, 0.25) is 0 Å². The first kappa shape index (κ1) is 12.6. The maximum Gasteiger partial charge on any atom is 0.267 e. The summed E-state index contributed by atoms with van der Waals surface area (Å²) in [6.45, 7) is 0. The monoisotopic (exact) mass is 253 g/mol. The number of nitrogens with two attached hydrogens (primary N) is 2. The third-order valence-electron chi connectivity index (χ3n) is 1.78. The van der Waals surface area contributed by atoms with Gasteiger partial charge >= 0.3 is 0 Å². The van der Waals surface area contributed by atoms with Crippen molar-refractivity contribution >= 4 is 15.7 Å². The number of alkyl halides is 2. The molecule has 0 saturated carbocycles. The number of anilines is 1. The van der Waals surface area contributed by atoms with Crippen LogP contribution in [0.25, 0.3) is 0 Å². The molecule has 0 fully saturated rings. The number of ether oxygens (including phenoxy) is 1. The Hall–Kier alpha value is -1.48. The average Bonchev–Trinajstić information content (AvgIpc) is 2.14. The minimum Gasteiger partial charge on any atom is -0.480 e. The quantitative estimate of drug-likeness (QED) is 0.803. The minimum atomic E-state index is -4.28. The number of hydrogen-bond donors (Lipinski definition) is 2. The molecule has 0 spiro atoms. The molecule has 0 aliphatic carbocycles. The Balaban J connectivity index is 3.60. The smallest absolute Gasteiger partial charge is 0.267 e. The molecule has 16 heavy (non-hydrogen) atoms. The summed E-state index contributed by atoms with van der Waals surface area (Å²) in [6.07, 6.45) is -2.20. The van der Waals surface area contributed by atoms with E-state index in [1.165, 1.54) is 0 Å². The van der Waals surface area contributed by atoms with Crippen LogP contribution in [0.4, 0.5) is 14.5 Å². The van der Waals surface area contributed by atoms with Crippen molar-refractivity contribution in [3.05, 3.63) is 11.8 Å². The molecule has 1 aromatic heterocycles. The highest BCUT2D eigenvalue weighted by Gasteiger charge is 2.25.